The van der Waals surface area contributed by atoms with E-state index in [-0.39, 0.29) is 17.2 Å². The highest BCUT2D eigenvalue weighted by atomic mass is 32.2. The summed E-state index contributed by atoms with van der Waals surface area (Å²) in [5, 5.41) is 0.369. The predicted molar refractivity (Wildman–Crippen MR) is 68.5 cm³/mol. The molecule has 1 aromatic rings. The zero-order valence-corrected chi connectivity index (χ0v) is 10.9. The molecule has 1 unspecified atom stereocenters. The fraction of sp³-hybridized carbons (Fsp3) is 0.462. The lowest BCUT2D eigenvalue weighted by Gasteiger charge is -2.14. The van der Waals surface area contributed by atoms with E-state index in [1.807, 2.05) is 18.2 Å². The average molecular weight is 252 g/mol. The molecule has 3 nitrogen and oxygen atoms in total. The van der Waals surface area contributed by atoms with Crippen LogP contribution < -0.4 is 9.47 Å². The van der Waals surface area contributed by atoms with Gasteiger partial charge in [-0.1, -0.05) is 31.2 Å². The molecule has 17 heavy (non-hydrogen) atoms. The molecule has 1 heterocycles. The molecule has 0 amide bonds. The van der Waals surface area contributed by atoms with Crippen molar-refractivity contribution in [3.05, 3.63) is 23.8 Å². The molecule has 4 heteroatoms. The Morgan fingerprint density at radius 3 is 2.88 bits per heavy atom. The van der Waals surface area contributed by atoms with Gasteiger partial charge in [0.25, 0.3) is 0 Å². The SMILES string of the molecule is CCCC(SC(C)=O)c1ccc2c(c1)OCO2. The summed E-state index contributed by atoms with van der Waals surface area (Å²) in [4.78, 5) is 11.2. The Hall–Kier alpha value is -1.16. The fourth-order valence-corrected chi connectivity index (χ4v) is 2.91. The first-order valence-electron chi connectivity index (χ1n) is 5.77. The zero-order chi connectivity index (χ0) is 12.3. The highest BCUT2D eigenvalue weighted by Crippen LogP contribution is 2.39. The number of carbonyl (C=O) groups is 1. The molecule has 1 atom stereocenters. The van der Waals surface area contributed by atoms with Crippen LogP contribution in [0.25, 0.3) is 0 Å². The standard InChI is InChI=1S/C13H16O3S/c1-3-4-13(17-9(2)14)10-5-6-11-12(7-10)16-8-15-11/h5-7,13H,3-4,8H2,1-2H3. The Balaban J connectivity index is 2.20. The van der Waals surface area contributed by atoms with Crippen LogP contribution in [-0.4, -0.2) is 11.9 Å². The smallest absolute Gasteiger partial charge is 0.231 e. The predicted octanol–water partition coefficient (Wildman–Crippen LogP) is 3.54. The largest absolute Gasteiger partial charge is 0.454 e. The third kappa shape index (κ3) is 2.94. The first kappa shape index (κ1) is 12.3. The third-order valence-electron chi connectivity index (χ3n) is 2.63. The maximum Gasteiger partial charge on any atom is 0.231 e. The van der Waals surface area contributed by atoms with Gasteiger partial charge in [-0.05, 0) is 24.1 Å². The molecule has 0 bridgehead atoms. The molecule has 0 fully saturated rings. The number of benzene rings is 1. The minimum Gasteiger partial charge on any atom is -0.454 e. The van der Waals surface area contributed by atoms with Crippen molar-refractivity contribution in [2.24, 2.45) is 0 Å². The van der Waals surface area contributed by atoms with Crippen molar-refractivity contribution in [1.29, 1.82) is 0 Å². The molecular weight excluding hydrogens is 236 g/mol. The van der Waals surface area contributed by atoms with Crippen molar-refractivity contribution in [3.8, 4) is 11.5 Å². The van der Waals surface area contributed by atoms with Crippen molar-refractivity contribution >= 4 is 16.9 Å². The van der Waals surface area contributed by atoms with Crippen LogP contribution in [0, 0.1) is 0 Å². The highest BCUT2D eigenvalue weighted by molar-refractivity contribution is 8.13. The lowest BCUT2D eigenvalue weighted by Crippen LogP contribution is -1.97. The van der Waals surface area contributed by atoms with Crippen molar-refractivity contribution in [1.82, 2.24) is 0 Å². The number of hydrogen-bond donors (Lipinski definition) is 0. The van der Waals surface area contributed by atoms with Crippen LogP contribution in [0.4, 0.5) is 0 Å². The lowest BCUT2D eigenvalue weighted by molar-refractivity contribution is -0.109. The molecule has 1 aliphatic rings. The Morgan fingerprint density at radius 1 is 1.41 bits per heavy atom. The van der Waals surface area contributed by atoms with Gasteiger partial charge in [0, 0.05) is 12.2 Å². The van der Waals surface area contributed by atoms with Crippen LogP contribution >= 0.6 is 11.8 Å². The molecule has 0 N–H and O–H groups in total. The molecule has 1 aliphatic heterocycles. The van der Waals surface area contributed by atoms with E-state index in [0.717, 1.165) is 29.9 Å². The van der Waals surface area contributed by atoms with Crippen LogP contribution in [0.3, 0.4) is 0 Å². The first-order valence-corrected chi connectivity index (χ1v) is 6.65. The number of thioether (sulfide) groups is 1. The molecule has 0 saturated carbocycles. The Morgan fingerprint density at radius 2 is 2.18 bits per heavy atom. The van der Waals surface area contributed by atoms with E-state index in [4.69, 9.17) is 9.47 Å². The maximum atomic E-state index is 11.2. The van der Waals surface area contributed by atoms with E-state index in [1.54, 1.807) is 6.92 Å². The number of fused-ring (bicyclic) bond motifs is 1. The Bertz CT molecular complexity index is 417. The Labute approximate surface area is 105 Å². The van der Waals surface area contributed by atoms with Crippen LogP contribution in [0.5, 0.6) is 11.5 Å². The molecule has 0 aromatic heterocycles. The van der Waals surface area contributed by atoms with Crippen molar-refractivity contribution < 1.29 is 14.3 Å². The molecule has 0 saturated heterocycles. The second-order valence-electron chi connectivity index (χ2n) is 4.00. The monoisotopic (exact) mass is 252 g/mol. The fourth-order valence-electron chi connectivity index (χ4n) is 1.87. The molecule has 1 aromatic carbocycles. The molecule has 0 radical (unpaired) electrons. The molecule has 2 rings (SSSR count). The van der Waals surface area contributed by atoms with Crippen molar-refractivity contribution in [2.45, 2.75) is 31.9 Å². The molecule has 92 valence electrons. The maximum absolute atomic E-state index is 11.2. The van der Waals surface area contributed by atoms with Gasteiger partial charge in [-0.15, -0.1) is 0 Å². The van der Waals surface area contributed by atoms with Gasteiger partial charge in [0.2, 0.25) is 6.79 Å². The molecular formula is C13H16O3S. The van der Waals surface area contributed by atoms with E-state index >= 15 is 0 Å². The Kier molecular flexibility index (Phi) is 3.94. The average Bonchev–Trinajstić information content (AvgIpc) is 2.74. The van der Waals surface area contributed by atoms with Gasteiger partial charge in [-0.25, -0.2) is 0 Å². The lowest BCUT2D eigenvalue weighted by atomic mass is 10.1. The number of ether oxygens (including phenoxy) is 2. The van der Waals surface area contributed by atoms with Crippen LogP contribution in [-0.2, 0) is 4.79 Å². The summed E-state index contributed by atoms with van der Waals surface area (Å²) in [6, 6.07) is 5.92. The van der Waals surface area contributed by atoms with Gasteiger partial charge < -0.3 is 9.47 Å². The summed E-state index contributed by atoms with van der Waals surface area (Å²) in [6.07, 6.45) is 2.04. The van der Waals surface area contributed by atoms with Crippen LogP contribution in [0.1, 0.15) is 37.5 Å². The quantitative estimate of drug-likeness (QED) is 0.821. The van der Waals surface area contributed by atoms with Crippen molar-refractivity contribution in [3.63, 3.8) is 0 Å². The third-order valence-corrected chi connectivity index (χ3v) is 3.75. The first-order chi connectivity index (χ1) is 8.20. The number of rotatable bonds is 4. The molecule has 0 spiro atoms. The highest BCUT2D eigenvalue weighted by Gasteiger charge is 2.19. The molecule has 0 aliphatic carbocycles. The van der Waals surface area contributed by atoms with Gasteiger partial charge >= 0.3 is 0 Å². The van der Waals surface area contributed by atoms with Gasteiger partial charge in [0.15, 0.2) is 16.6 Å². The normalized spacial score (nSPS) is 14.7. The van der Waals surface area contributed by atoms with E-state index in [0.29, 0.717) is 0 Å². The van der Waals surface area contributed by atoms with Crippen molar-refractivity contribution in [2.75, 3.05) is 6.79 Å². The number of carbonyl (C=O) groups excluding carboxylic acids is 1. The summed E-state index contributed by atoms with van der Waals surface area (Å²) in [5.41, 5.74) is 1.14. The van der Waals surface area contributed by atoms with Crippen LogP contribution in [0.15, 0.2) is 18.2 Å². The summed E-state index contributed by atoms with van der Waals surface area (Å²) in [5.74, 6) is 1.57. The minimum atomic E-state index is 0.154. The summed E-state index contributed by atoms with van der Waals surface area (Å²) in [6.45, 7) is 4.03. The van der Waals surface area contributed by atoms with Gasteiger partial charge in [0.1, 0.15) is 0 Å². The summed E-state index contributed by atoms with van der Waals surface area (Å²) < 4.78 is 10.6. The zero-order valence-electron chi connectivity index (χ0n) is 10.1. The minimum absolute atomic E-state index is 0.154. The second kappa shape index (κ2) is 5.45. The second-order valence-corrected chi connectivity index (χ2v) is 5.38. The van der Waals surface area contributed by atoms with Crippen LogP contribution in [0.2, 0.25) is 0 Å². The van der Waals surface area contributed by atoms with Gasteiger partial charge in [-0.3, -0.25) is 4.79 Å². The number of hydrogen-bond acceptors (Lipinski definition) is 4. The van der Waals surface area contributed by atoms with E-state index in [2.05, 4.69) is 6.92 Å². The van der Waals surface area contributed by atoms with E-state index in [9.17, 15) is 4.79 Å². The van der Waals surface area contributed by atoms with E-state index < -0.39 is 0 Å². The van der Waals surface area contributed by atoms with Gasteiger partial charge in [0.05, 0.1) is 0 Å². The van der Waals surface area contributed by atoms with E-state index in [1.165, 1.54) is 11.8 Å². The summed E-state index contributed by atoms with van der Waals surface area (Å²) >= 11 is 1.39. The summed E-state index contributed by atoms with van der Waals surface area (Å²) in [7, 11) is 0. The topological polar surface area (TPSA) is 35.5 Å². The van der Waals surface area contributed by atoms with Gasteiger partial charge in [-0.2, -0.15) is 0 Å².